The SMILES string of the molecule is CCCOC1CCCC1OC. The third-order valence-corrected chi connectivity index (χ3v) is 2.23. The largest absolute Gasteiger partial charge is 0.379 e. The Morgan fingerprint density at radius 1 is 1.27 bits per heavy atom. The summed E-state index contributed by atoms with van der Waals surface area (Å²) in [6.07, 6.45) is 5.45. The van der Waals surface area contributed by atoms with Gasteiger partial charge in [0.25, 0.3) is 0 Å². The normalized spacial score (nSPS) is 31.1. The van der Waals surface area contributed by atoms with Crippen LogP contribution in [0.2, 0.25) is 0 Å². The van der Waals surface area contributed by atoms with Crippen LogP contribution in [0.5, 0.6) is 0 Å². The fraction of sp³-hybridized carbons (Fsp3) is 1.00. The Balaban J connectivity index is 2.20. The molecule has 0 spiro atoms. The Labute approximate surface area is 68.9 Å². The van der Waals surface area contributed by atoms with Crippen molar-refractivity contribution in [1.82, 2.24) is 0 Å². The first-order chi connectivity index (χ1) is 5.38. The molecule has 2 nitrogen and oxygen atoms in total. The highest BCUT2D eigenvalue weighted by Gasteiger charge is 2.27. The molecule has 66 valence electrons. The summed E-state index contributed by atoms with van der Waals surface area (Å²) in [4.78, 5) is 0. The van der Waals surface area contributed by atoms with E-state index in [0.717, 1.165) is 13.0 Å². The van der Waals surface area contributed by atoms with Crippen LogP contribution in [-0.4, -0.2) is 25.9 Å². The van der Waals surface area contributed by atoms with E-state index in [0.29, 0.717) is 12.2 Å². The maximum absolute atomic E-state index is 5.63. The lowest BCUT2D eigenvalue weighted by atomic mass is 10.2. The molecule has 2 unspecified atom stereocenters. The Morgan fingerprint density at radius 2 is 2.00 bits per heavy atom. The zero-order valence-corrected chi connectivity index (χ0v) is 7.51. The summed E-state index contributed by atoms with van der Waals surface area (Å²) < 4.78 is 10.9. The van der Waals surface area contributed by atoms with Gasteiger partial charge in [-0.15, -0.1) is 0 Å². The van der Waals surface area contributed by atoms with Crippen molar-refractivity contribution in [3.05, 3.63) is 0 Å². The molecule has 0 bridgehead atoms. The predicted octanol–water partition coefficient (Wildman–Crippen LogP) is 1.98. The van der Waals surface area contributed by atoms with Gasteiger partial charge >= 0.3 is 0 Å². The molecule has 0 amide bonds. The Morgan fingerprint density at radius 3 is 2.64 bits per heavy atom. The van der Waals surface area contributed by atoms with Gasteiger partial charge in [0.15, 0.2) is 0 Å². The van der Waals surface area contributed by atoms with Crippen molar-refractivity contribution in [3.8, 4) is 0 Å². The fourth-order valence-electron chi connectivity index (χ4n) is 1.62. The van der Waals surface area contributed by atoms with E-state index in [1.54, 1.807) is 7.11 Å². The lowest BCUT2D eigenvalue weighted by molar-refractivity contribution is -0.0379. The van der Waals surface area contributed by atoms with E-state index in [1.807, 2.05) is 0 Å². The average Bonchev–Trinajstić information content (AvgIpc) is 2.47. The first-order valence-corrected chi connectivity index (χ1v) is 4.53. The third kappa shape index (κ3) is 2.46. The smallest absolute Gasteiger partial charge is 0.0836 e. The molecule has 2 heteroatoms. The number of ether oxygens (including phenoxy) is 2. The van der Waals surface area contributed by atoms with Gasteiger partial charge in [-0.05, 0) is 25.7 Å². The van der Waals surface area contributed by atoms with Crippen LogP contribution >= 0.6 is 0 Å². The van der Waals surface area contributed by atoms with Gasteiger partial charge in [-0.2, -0.15) is 0 Å². The molecule has 0 aliphatic heterocycles. The molecule has 0 aromatic heterocycles. The first-order valence-electron chi connectivity index (χ1n) is 4.53. The van der Waals surface area contributed by atoms with Gasteiger partial charge < -0.3 is 9.47 Å². The molecule has 1 aliphatic rings. The highest BCUT2D eigenvalue weighted by molar-refractivity contribution is 4.78. The highest BCUT2D eigenvalue weighted by Crippen LogP contribution is 2.24. The van der Waals surface area contributed by atoms with Crippen LogP contribution in [0.1, 0.15) is 32.6 Å². The monoisotopic (exact) mass is 158 g/mol. The quantitative estimate of drug-likeness (QED) is 0.623. The summed E-state index contributed by atoms with van der Waals surface area (Å²) in [6.45, 7) is 3.02. The molecule has 1 rings (SSSR count). The van der Waals surface area contributed by atoms with Gasteiger partial charge in [-0.25, -0.2) is 0 Å². The van der Waals surface area contributed by atoms with Crippen LogP contribution in [0.4, 0.5) is 0 Å². The van der Waals surface area contributed by atoms with E-state index in [1.165, 1.54) is 19.3 Å². The average molecular weight is 158 g/mol. The summed E-state index contributed by atoms with van der Waals surface area (Å²) in [5.74, 6) is 0. The molecule has 2 atom stereocenters. The maximum atomic E-state index is 5.63. The summed E-state index contributed by atoms with van der Waals surface area (Å²) in [6, 6.07) is 0. The topological polar surface area (TPSA) is 18.5 Å². The van der Waals surface area contributed by atoms with Crippen molar-refractivity contribution < 1.29 is 9.47 Å². The fourth-order valence-corrected chi connectivity index (χ4v) is 1.62. The minimum absolute atomic E-state index is 0.363. The zero-order chi connectivity index (χ0) is 8.10. The molecular weight excluding hydrogens is 140 g/mol. The summed E-state index contributed by atoms with van der Waals surface area (Å²) in [5, 5.41) is 0. The summed E-state index contributed by atoms with van der Waals surface area (Å²) >= 11 is 0. The van der Waals surface area contributed by atoms with Gasteiger partial charge in [0.1, 0.15) is 0 Å². The first kappa shape index (κ1) is 9.01. The van der Waals surface area contributed by atoms with E-state index in [4.69, 9.17) is 9.47 Å². The maximum Gasteiger partial charge on any atom is 0.0836 e. The minimum Gasteiger partial charge on any atom is -0.379 e. The molecule has 11 heavy (non-hydrogen) atoms. The molecule has 0 heterocycles. The van der Waals surface area contributed by atoms with Gasteiger partial charge in [0, 0.05) is 13.7 Å². The van der Waals surface area contributed by atoms with Crippen molar-refractivity contribution in [2.45, 2.75) is 44.8 Å². The number of rotatable bonds is 4. The standard InChI is InChI=1S/C9H18O2/c1-3-7-11-9-6-4-5-8(9)10-2/h8-9H,3-7H2,1-2H3. The van der Waals surface area contributed by atoms with Gasteiger partial charge in [0.05, 0.1) is 12.2 Å². The van der Waals surface area contributed by atoms with E-state index in [2.05, 4.69) is 6.92 Å². The van der Waals surface area contributed by atoms with Crippen molar-refractivity contribution in [3.63, 3.8) is 0 Å². The predicted molar refractivity (Wildman–Crippen MR) is 44.7 cm³/mol. The summed E-state index contributed by atoms with van der Waals surface area (Å²) in [7, 11) is 1.78. The van der Waals surface area contributed by atoms with Crippen molar-refractivity contribution in [1.29, 1.82) is 0 Å². The third-order valence-electron chi connectivity index (χ3n) is 2.23. The number of hydrogen-bond donors (Lipinski definition) is 0. The molecule has 1 aliphatic carbocycles. The highest BCUT2D eigenvalue weighted by atomic mass is 16.5. The van der Waals surface area contributed by atoms with Crippen molar-refractivity contribution >= 4 is 0 Å². The molecule has 0 saturated heterocycles. The van der Waals surface area contributed by atoms with Gasteiger partial charge in [-0.1, -0.05) is 6.92 Å². The van der Waals surface area contributed by atoms with Crippen LogP contribution in [0.25, 0.3) is 0 Å². The van der Waals surface area contributed by atoms with Gasteiger partial charge in [0.2, 0.25) is 0 Å². The number of methoxy groups -OCH3 is 1. The van der Waals surface area contributed by atoms with Crippen LogP contribution in [0, 0.1) is 0 Å². The lowest BCUT2D eigenvalue weighted by Gasteiger charge is -2.18. The molecule has 1 saturated carbocycles. The molecule has 0 aromatic carbocycles. The van der Waals surface area contributed by atoms with Crippen molar-refractivity contribution in [2.75, 3.05) is 13.7 Å². The zero-order valence-electron chi connectivity index (χ0n) is 7.51. The molecular formula is C9H18O2. The molecule has 0 N–H and O–H groups in total. The lowest BCUT2D eigenvalue weighted by Crippen LogP contribution is -2.25. The summed E-state index contributed by atoms with van der Waals surface area (Å²) in [5.41, 5.74) is 0. The van der Waals surface area contributed by atoms with Gasteiger partial charge in [-0.3, -0.25) is 0 Å². The second kappa shape index (κ2) is 4.73. The Hall–Kier alpha value is -0.0800. The van der Waals surface area contributed by atoms with Crippen molar-refractivity contribution in [2.24, 2.45) is 0 Å². The van der Waals surface area contributed by atoms with E-state index in [9.17, 15) is 0 Å². The van der Waals surface area contributed by atoms with Crippen LogP contribution in [0.3, 0.4) is 0 Å². The Bertz CT molecular complexity index is 104. The molecule has 0 aromatic rings. The van der Waals surface area contributed by atoms with Crippen LogP contribution < -0.4 is 0 Å². The molecule has 0 radical (unpaired) electrons. The van der Waals surface area contributed by atoms with Crippen LogP contribution in [-0.2, 0) is 9.47 Å². The van der Waals surface area contributed by atoms with E-state index < -0.39 is 0 Å². The minimum atomic E-state index is 0.363. The Kier molecular flexibility index (Phi) is 3.87. The second-order valence-electron chi connectivity index (χ2n) is 3.11. The van der Waals surface area contributed by atoms with Crippen LogP contribution in [0.15, 0.2) is 0 Å². The van der Waals surface area contributed by atoms with E-state index >= 15 is 0 Å². The van der Waals surface area contributed by atoms with E-state index in [-0.39, 0.29) is 0 Å². The number of hydrogen-bond acceptors (Lipinski definition) is 2. The second-order valence-corrected chi connectivity index (χ2v) is 3.11. The molecule has 1 fully saturated rings.